The number of nitrogens with one attached hydrogen (secondary N) is 2. The number of fused-ring (bicyclic) bond motifs is 2. The van der Waals surface area contributed by atoms with Gasteiger partial charge < -0.3 is 9.97 Å². The van der Waals surface area contributed by atoms with Crippen molar-refractivity contribution in [1.82, 2.24) is 19.9 Å². The molecule has 0 fully saturated rings. The van der Waals surface area contributed by atoms with E-state index in [-0.39, 0.29) is 40.5 Å². The number of nitrogens with zero attached hydrogens (tertiary/aromatic N) is 2. The van der Waals surface area contributed by atoms with Gasteiger partial charge >= 0.3 is 0 Å². The van der Waals surface area contributed by atoms with Gasteiger partial charge in [0.1, 0.15) is 37.9 Å². The maximum atomic E-state index is 11.9. The molecule has 0 radical (unpaired) electrons. The van der Waals surface area contributed by atoms with Crippen LogP contribution in [-0.4, -0.2) is 77.1 Å². The predicted molar refractivity (Wildman–Crippen MR) is 137 cm³/mol. The molecule has 4 aromatic rings. The van der Waals surface area contributed by atoms with E-state index in [9.17, 15) is 51.9 Å². The van der Waals surface area contributed by atoms with Crippen molar-refractivity contribution in [3.8, 4) is 22.8 Å². The number of aromatic amines is 2. The Morgan fingerprint density at radius 2 is 1.30 bits per heavy atom. The lowest BCUT2D eigenvalue weighted by Gasteiger charge is -2.16. The van der Waals surface area contributed by atoms with Crippen molar-refractivity contribution in [2.45, 2.75) is 21.5 Å². The number of aromatic nitrogens is 4. The molecule has 1 unspecified atom stereocenters. The van der Waals surface area contributed by atoms with Crippen molar-refractivity contribution in [3.63, 3.8) is 0 Å². The van der Waals surface area contributed by atoms with Gasteiger partial charge in [0.05, 0.1) is 10.4 Å². The van der Waals surface area contributed by atoms with Gasteiger partial charge in [0, 0.05) is 23.2 Å². The second kappa shape index (κ2) is 9.01. The van der Waals surface area contributed by atoms with Crippen LogP contribution in [0.4, 0.5) is 0 Å². The van der Waals surface area contributed by atoms with Gasteiger partial charge in [0.25, 0.3) is 40.5 Å². The van der Waals surface area contributed by atoms with Gasteiger partial charge in [0.2, 0.25) is 0 Å². The lowest BCUT2D eigenvalue weighted by Crippen LogP contribution is -2.26. The zero-order chi connectivity index (χ0) is 29.4. The number of hydrogen-bond donors (Lipinski definition) is 6. The Morgan fingerprint density at radius 1 is 0.725 bits per heavy atom. The Morgan fingerprint density at radius 3 is 1.80 bits per heavy atom. The van der Waals surface area contributed by atoms with E-state index in [0.717, 1.165) is 6.07 Å². The summed E-state index contributed by atoms with van der Waals surface area (Å²) in [6.45, 7) is 0. The zero-order valence-electron chi connectivity index (χ0n) is 19.4. The molecule has 0 saturated heterocycles. The Balaban J connectivity index is 1.55. The summed E-state index contributed by atoms with van der Waals surface area (Å²) in [7, 11) is -19.4. The summed E-state index contributed by atoms with van der Waals surface area (Å²) in [5, 5.41) is -1.64. The fourth-order valence-electron chi connectivity index (χ4n) is 4.13. The maximum Gasteiger partial charge on any atom is 0.296 e. The van der Waals surface area contributed by atoms with E-state index in [1.807, 2.05) is 0 Å². The monoisotopic (exact) mass is 632 g/mol. The van der Waals surface area contributed by atoms with Crippen LogP contribution in [0.15, 0.2) is 52.3 Å². The molecule has 0 bridgehead atoms. The van der Waals surface area contributed by atoms with Crippen LogP contribution in [0.3, 0.4) is 0 Å². The van der Waals surface area contributed by atoms with Crippen LogP contribution in [0.25, 0.3) is 38.7 Å². The Labute approximate surface area is 225 Å². The van der Waals surface area contributed by atoms with E-state index in [2.05, 4.69) is 19.9 Å². The van der Waals surface area contributed by atoms with Crippen LogP contribution in [0.1, 0.15) is 11.4 Å². The van der Waals surface area contributed by atoms with E-state index in [1.54, 1.807) is 0 Å². The van der Waals surface area contributed by atoms with Gasteiger partial charge in [-0.2, -0.15) is 33.7 Å². The summed E-state index contributed by atoms with van der Waals surface area (Å²) in [5.74, 6) is 0.128. The van der Waals surface area contributed by atoms with Crippen molar-refractivity contribution in [3.05, 3.63) is 53.9 Å². The Kier molecular flexibility index (Phi) is 6.31. The molecule has 1 aliphatic carbocycles. The molecule has 0 aliphatic heterocycles. The van der Waals surface area contributed by atoms with E-state index in [1.165, 1.54) is 24.3 Å². The van der Waals surface area contributed by atoms with Gasteiger partial charge in [0.15, 0.2) is 0 Å². The Hall–Kier alpha value is -3.50. The lowest BCUT2D eigenvalue weighted by molar-refractivity contribution is 0.472. The summed E-state index contributed by atoms with van der Waals surface area (Å²) < 4.78 is 132. The molecule has 1 atom stereocenters. The van der Waals surface area contributed by atoms with Crippen LogP contribution in [0.5, 0.6) is 0 Å². The third-order valence-electron chi connectivity index (χ3n) is 5.95. The second-order valence-corrected chi connectivity index (χ2v) is 14.4. The number of rotatable bonds is 6. The molecule has 40 heavy (non-hydrogen) atoms. The smallest absolute Gasteiger partial charge is 0.296 e. The molecule has 2 heterocycles. The molecule has 0 amide bonds. The highest BCUT2D eigenvalue weighted by Gasteiger charge is 2.35. The van der Waals surface area contributed by atoms with Gasteiger partial charge in [-0.1, -0.05) is 24.3 Å². The minimum atomic E-state index is -4.94. The molecular formula is C20H16N4O12S4. The SMILES string of the molecule is O=S(=O)(O)C1=CC(S(=O)(=O)O)Cc2[nH]c(-c3ccc(-c4nc5c(S(=O)(=O)O)cc(S(=O)(=O)O)cc5[nH]4)cc3)nc21. The summed E-state index contributed by atoms with van der Waals surface area (Å²) in [5.41, 5.74) is 0.0762. The van der Waals surface area contributed by atoms with Crippen molar-refractivity contribution in [2.75, 3.05) is 0 Å². The van der Waals surface area contributed by atoms with E-state index in [0.29, 0.717) is 23.3 Å². The van der Waals surface area contributed by atoms with E-state index < -0.39 is 60.4 Å². The molecule has 1 aliphatic rings. The number of H-pyrrole nitrogens is 2. The zero-order valence-corrected chi connectivity index (χ0v) is 22.7. The Bertz CT molecular complexity index is 2180. The molecule has 0 spiro atoms. The van der Waals surface area contributed by atoms with Crippen molar-refractivity contribution in [1.29, 1.82) is 0 Å². The summed E-state index contributed by atoms with van der Waals surface area (Å²) in [6.07, 6.45) is 0.343. The van der Waals surface area contributed by atoms with Gasteiger partial charge in [-0.05, 0) is 18.2 Å². The van der Waals surface area contributed by atoms with Crippen molar-refractivity contribution in [2.24, 2.45) is 0 Å². The van der Waals surface area contributed by atoms with E-state index >= 15 is 0 Å². The fraction of sp³-hybridized carbons (Fsp3) is 0.100. The number of benzene rings is 2. The molecule has 5 rings (SSSR count). The fourth-order valence-corrected chi connectivity index (χ4v) is 6.94. The molecule has 20 heteroatoms. The van der Waals surface area contributed by atoms with Crippen LogP contribution in [0.2, 0.25) is 0 Å². The molecular weight excluding hydrogens is 617 g/mol. The molecule has 6 N–H and O–H groups in total. The quantitative estimate of drug-likeness (QED) is 0.163. The molecule has 16 nitrogen and oxygen atoms in total. The highest BCUT2D eigenvalue weighted by atomic mass is 32.2. The topological polar surface area (TPSA) is 275 Å². The lowest BCUT2D eigenvalue weighted by atomic mass is 10.1. The number of hydrogen-bond acceptors (Lipinski definition) is 10. The van der Waals surface area contributed by atoms with Crippen LogP contribution in [-0.2, 0) is 46.9 Å². The van der Waals surface area contributed by atoms with Crippen LogP contribution >= 0.6 is 0 Å². The highest BCUT2D eigenvalue weighted by molar-refractivity contribution is 7.95. The van der Waals surface area contributed by atoms with Crippen molar-refractivity contribution < 1.29 is 51.9 Å². The molecule has 0 saturated carbocycles. The molecule has 212 valence electrons. The normalized spacial score (nSPS) is 16.6. The summed E-state index contributed by atoms with van der Waals surface area (Å²) in [4.78, 5) is 11.3. The maximum absolute atomic E-state index is 11.9. The molecule has 2 aromatic heterocycles. The van der Waals surface area contributed by atoms with Crippen LogP contribution < -0.4 is 0 Å². The standard InChI is InChI=1S/C20H16N4O12S4/c25-37(26,27)11-5-13-17(15(7-11)39(31,32)33)23-19(21-13)9-1-2-10(4-3-9)20-22-14-6-12(38(28,29)30)8-16(18(14)24-20)40(34,35)36/h1-5,7-8,12H,6H2,(H,21,23)(H,22,24)(H,25,26,27)(H,28,29,30)(H,31,32,33)(H,34,35,36). The van der Waals surface area contributed by atoms with E-state index in [4.69, 9.17) is 0 Å². The van der Waals surface area contributed by atoms with Gasteiger partial charge in [-0.15, -0.1) is 0 Å². The minimum absolute atomic E-state index is 0.0292. The average Bonchev–Trinajstić information content (AvgIpc) is 3.44. The highest BCUT2D eigenvalue weighted by Crippen LogP contribution is 2.34. The first kappa shape index (κ1) is 28.0. The van der Waals surface area contributed by atoms with Gasteiger partial charge in [-0.3, -0.25) is 18.2 Å². The first-order valence-electron chi connectivity index (χ1n) is 10.7. The van der Waals surface area contributed by atoms with Gasteiger partial charge in [-0.25, -0.2) is 9.97 Å². The minimum Gasteiger partial charge on any atom is -0.341 e. The van der Waals surface area contributed by atoms with Crippen LogP contribution in [0, 0.1) is 0 Å². The predicted octanol–water partition coefficient (Wildman–Crippen LogP) is 1.15. The third kappa shape index (κ3) is 5.17. The largest absolute Gasteiger partial charge is 0.341 e. The first-order valence-corrected chi connectivity index (χ1v) is 16.5. The summed E-state index contributed by atoms with van der Waals surface area (Å²) >= 11 is 0. The summed E-state index contributed by atoms with van der Waals surface area (Å²) in [6, 6.07) is 7.41. The third-order valence-corrected chi connectivity index (χ3v) is 9.60. The first-order chi connectivity index (χ1) is 18.3. The average molecular weight is 633 g/mol. The second-order valence-electron chi connectivity index (χ2n) is 8.61. The number of imidazole rings is 2. The van der Waals surface area contributed by atoms with Crippen molar-refractivity contribution >= 4 is 56.4 Å². The molecule has 2 aromatic carbocycles.